The van der Waals surface area contributed by atoms with E-state index in [4.69, 9.17) is 4.42 Å². The topological polar surface area (TPSA) is 16.4 Å². The predicted octanol–water partition coefficient (Wildman–Crippen LogP) is 14.4. The Balaban J connectivity index is 1.16. The Labute approximate surface area is 302 Å². The minimum absolute atomic E-state index is 0.886. The molecular formula is C50H33NO. The first-order valence-corrected chi connectivity index (χ1v) is 17.8. The number of furan rings is 1. The summed E-state index contributed by atoms with van der Waals surface area (Å²) in [7, 11) is 0. The zero-order valence-corrected chi connectivity index (χ0v) is 28.4. The monoisotopic (exact) mass is 663 g/mol. The van der Waals surface area contributed by atoms with Crippen LogP contribution in [0.3, 0.4) is 0 Å². The Bertz CT molecular complexity index is 2870. The van der Waals surface area contributed by atoms with E-state index in [2.05, 4.69) is 205 Å². The second-order valence-electron chi connectivity index (χ2n) is 13.3. The maximum Gasteiger partial charge on any atom is 0.143 e. The molecule has 0 atom stereocenters. The molecule has 0 saturated heterocycles. The van der Waals surface area contributed by atoms with Crippen LogP contribution in [0.5, 0.6) is 0 Å². The van der Waals surface area contributed by atoms with Crippen molar-refractivity contribution < 1.29 is 4.42 Å². The molecule has 9 aromatic carbocycles. The van der Waals surface area contributed by atoms with Gasteiger partial charge in [0.2, 0.25) is 0 Å². The summed E-state index contributed by atoms with van der Waals surface area (Å²) in [5.41, 5.74) is 12.3. The zero-order chi connectivity index (χ0) is 34.4. The highest BCUT2D eigenvalue weighted by Gasteiger charge is 2.22. The van der Waals surface area contributed by atoms with E-state index in [1.54, 1.807) is 0 Å². The molecule has 1 aromatic heterocycles. The first-order valence-electron chi connectivity index (χ1n) is 17.8. The van der Waals surface area contributed by atoms with Crippen LogP contribution in [0.4, 0.5) is 17.1 Å². The van der Waals surface area contributed by atoms with E-state index in [-0.39, 0.29) is 0 Å². The third kappa shape index (κ3) is 5.04. The maximum absolute atomic E-state index is 6.77. The van der Waals surface area contributed by atoms with Gasteiger partial charge in [0.25, 0.3) is 0 Å². The molecule has 1 heterocycles. The van der Waals surface area contributed by atoms with Crippen LogP contribution in [-0.4, -0.2) is 0 Å². The van der Waals surface area contributed by atoms with E-state index in [0.29, 0.717) is 0 Å². The van der Waals surface area contributed by atoms with Crippen LogP contribution in [0.1, 0.15) is 0 Å². The third-order valence-electron chi connectivity index (χ3n) is 10.3. The van der Waals surface area contributed by atoms with E-state index < -0.39 is 0 Å². The predicted molar refractivity (Wildman–Crippen MR) is 220 cm³/mol. The highest BCUT2D eigenvalue weighted by molar-refractivity contribution is 6.23. The van der Waals surface area contributed by atoms with Crippen molar-refractivity contribution in [1.82, 2.24) is 0 Å². The van der Waals surface area contributed by atoms with Gasteiger partial charge >= 0.3 is 0 Å². The van der Waals surface area contributed by atoms with Gasteiger partial charge in [-0.2, -0.15) is 0 Å². The fourth-order valence-electron chi connectivity index (χ4n) is 7.79. The summed E-state index contributed by atoms with van der Waals surface area (Å²) in [6.07, 6.45) is 0. The molecule has 2 heteroatoms. The Hall–Kier alpha value is -6.90. The number of nitrogens with zero attached hydrogens (tertiary/aromatic N) is 1. The van der Waals surface area contributed by atoms with E-state index in [0.717, 1.165) is 49.8 Å². The molecule has 244 valence electrons. The molecule has 0 amide bonds. The lowest BCUT2D eigenvalue weighted by Crippen LogP contribution is -2.10. The van der Waals surface area contributed by atoms with E-state index >= 15 is 0 Å². The summed E-state index contributed by atoms with van der Waals surface area (Å²) in [4.78, 5) is 2.38. The van der Waals surface area contributed by atoms with Gasteiger partial charge in [0, 0.05) is 32.9 Å². The van der Waals surface area contributed by atoms with E-state index in [9.17, 15) is 0 Å². The molecule has 0 aliphatic rings. The first kappa shape index (κ1) is 30.0. The molecule has 0 saturated carbocycles. The van der Waals surface area contributed by atoms with Gasteiger partial charge in [0.15, 0.2) is 0 Å². The lowest BCUT2D eigenvalue weighted by Gasteiger charge is -2.27. The summed E-state index contributed by atoms with van der Waals surface area (Å²) < 4.78 is 6.77. The number of hydrogen-bond donors (Lipinski definition) is 0. The number of fused-ring (bicyclic) bond motifs is 6. The molecule has 10 aromatic rings. The molecule has 0 aliphatic carbocycles. The van der Waals surface area contributed by atoms with Crippen molar-refractivity contribution in [3.05, 3.63) is 200 Å². The van der Waals surface area contributed by atoms with Crippen LogP contribution in [0, 0.1) is 0 Å². The molecule has 52 heavy (non-hydrogen) atoms. The fraction of sp³-hybridized carbons (Fsp3) is 0. The zero-order valence-electron chi connectivity index (χ0n) is 28.4. The van der Waals surface area contributed by atoms with Crippen molar-refractivity contribution >= 4 is 60.5 Å². The highest BCUT2D eigenvalue weighted by Crippen LogP contribution is 2.47. The second kappa shape index (κ2) is 12.5. The average molecular weight is 664 g/mol. The molecule has 10 rings (SSSR count). The minimum atomic E-state index is 0.886. The lowest BCUT2D eigenvalue weighted by atomic mass is 9.93. The molecule has 0 aliphatic heterocycles. The molecular weight excluding hydrogens is 631 g/mol. The van der Waals surface area contributed by atoms with Crippen LogP contribution in [0.15, 0.2) is 205 Å². The van der Waals surface area contributed by atoms with Crippen LogP contribution in [0.2, 0.25) is 0 Å². The number of rotatable bonds is 6. The number of hydrogen-bond acceptors (Lipinski definition) is 2. The van der Waals surface area contributed by atoms with Gasteiger partial charge in [-0.25, -0.2) is 0 Å². The lowest BCUT2D eigenvalue weighted by molar-refractivity contribution is 0.673. The highest BCUT2D eigenvalue weighted by atomic mass is 16.3. The smallest absolute Gasteiger partial charge is 0.143 e. The van der Waals surface area contributed by atoms with Crippen LogP contribution in [-0.2, 0) is 0 Å². The Kier molecular flexibility index (Phi) is 7.18. The molecule has 0 fully saturated rings. The van der Waals surface area contributed by atoms with Gasteiger partial charge < -0.3 is 9.32 Å². The third-order valence-corrected chi connectivity index (χ3v) is 10.3. The van der Waals surface area contributed by atoms with Crippen molar-refractivity contribution in [3.8, 4) is 33.4 Å². The quantitative estimate of drug-likeness (QED) is 0.176. The molecule has 0 spiro atoms. The Morgan fingerprint density at radius 3 is 1.60 bits per heavy atom. The van der Waals surface area contributed by atoms with Gasteiger partial charge in [-0.1, -0.05) is 164 Å². The SMILES string of the molecule is c1ccc(-c2ccc(-c3ccc(N(c4ccccc4)c4cc5c(oc6cccc(-c7cccc8ccccc78)c65)c5ccccc45)cc3)cc2)cc1. The van der Waals surface area contributed by atoms with E-state index in [1.165, 1.54) is 44.2 Å². The average Bonchev–Trinajstić information content (AvgIpc) is 3.61. The van der Waals surface area contributed by atoms with Gasteiger partial charge in [-0.3, -0.25) is 0 Å². The van der Waals surface area contributed by atoms with Gasteiger partial charge in [0.05, 0.1) is 5.69 Å². The molecule has 0 N–H and O–H groups in total. The molecule has 0 unspecified atom stereocenters. The Morgan fingerprint density at radius 1 is 0.346 bits per heavy atom. The summed E-state index contributed by atoms with van der Waals surface area (Å²) in [6, 6.07) is 71.5. The second-order valence-corrected chi connectivity index (χ2v) is 13.3. The minimum Gasteiger partial charge on any atom is -0.455 e. The van der Waals surface area contributed by atoms with Crippen LogP contribution < -0.4 is 4.90 Å². The standard InChI is InChI=1S/C50H33NO/c1-3-13-34(14-4-1)35-25-27-36(28-26-35)37-29-31-40(32-30-37)51(39-17-5-2-6-18-39)47-33-46-49-44(42-22-11-16-38-15-7-8-19-41(38)42)23-12-24-48(49)52-50(46)45-21-10-9-20-43(45)47/h1-33H. The summed E-state index contributed by atoms with van der Waals surface area (Å²) in [6.45, 7) is 0. The van der Waals surface area contributed by atoms with Gasteiger partial charge in [0.1, 0.15) is 11.2 Å². The van der Waals surface area contributed by atoms with Crippen molar-refractivity contribution in [2.75, 3.05) is 4.90 Å². The first-order chi connectivity index (χ1) is 25.8. The largest absolute Gasteiger partial charge is 0.455 e. The van der Waals surface area contributed by atoms with Gasteiger partial charge in [-0.15, -0.1) is 0 Å². The normalized spacial score (nSPS) is 11.5. The maximum atomic E-state index is 6.77. The fourth-order valence-corrected chi connectivity index (χ4v) is 7.79. The van der Waals surface area contributed by atoms with Crippen LogP contribution in [0.25, 0.3) is 76.9 Å². The number of anilines is 3. The van der Waals surface area contributed by atoms with Crippen molar-refractivity contribution in [2.45, 2.75) is 0 Å². The van der Waals surface area contributed by atoms with Gasteiger partial charge in [-0.05, 0) is 80.6 Å². The molecule has 0 radical (unpaired) electrons. The summed E-state index contributed by atoms with van der Waals surface area (Å²) in [5, 5.41) is 6.90. The number of para-hydroxylation sites is 1. The van der Waals surface area contributed by atoms with Crippen LogP contribution >= 0.6 is 0 Å². The van der Waals surface area contributed by atoms with Crippen molar-refractivity contribution in [3.63, 3.8) is 0 Å². The summed E-state index contributed by atoms with van der Waals surface area (Å²) in [5.74, 6) is 0. The molecule has 0 bridgehead atoms. The number of benzene rings is 9. The van der Waals surface area contributed by atoms with Crippen molar-refractivity contribution in [2.24, 2.45) is 0 Å². The van der Waals surface area contributed by atoms with Crippen molar-refractivity contribution in [1.29, 1.82) is 0 Å². The summed E-state index contributed by atoms with van der Waals surface area (Å²) >= 11 is 0. The molecule has 2 nitrogen and oxygen atoms in total. The van der Waals surface area contributed by atoms with E-state index in [1.807, 2.05) is 0 Å². The Morgan fingerprint density at radius 2 is 0.865 bits per heavy atom.